The standard InChI is InChI=1S/C10H11F3N6/c1-5(8-16-6(2)18-19-8)15-7-3-4-14-9(17-7)10(11,12)13/h3-5H,1-2H3,(H,14,15,17)(H,16,18,19)/t5-/m0/s1. The molecule has 2 aromatic heterocycles. The third-order valence-corrected chi connectivity index (χ3v) is 2.28. The van der Waals surface area contributed by atoms with Crippen LogP contribution >= 0.6 is 0 Å². The van der Waals surface area contributed by atoms with Crippen molar-refractivity contribution in [2.24, 2.45) is 0 Å². The molecule has 19 heavy (non-hydrogen) atoms. The average Bonchev–Trinajstić information content (AvgIpc) is 2.75. The van der Waals surface area contributed by atoms with Gasteiger partial charge >= 0.3 is 6.18 Å². The maximum atomic E-state index is 12.4. The van der Waals surface area contributed by atoms with E-state index < -0.39 is 12.0 Å². The Bertz CT molecular complexity index is 564. The SMILES string of the molecule is Cc1nc([C@H](C)Nc2ccnc(C(F)(F)F)n2)n[nH]1. The molecular formula is C10H11F3N6. The number of alkyl halides is 3. The maximum absolute atomic E-state index is 12.4. The van der Waals surface area contributed by atoms with Gasteiger partial charge in [0.2, 0.25) is 5.82 Å². The van der Waals surface area contributed by atoms with Gasteiger partial charge in [0.05, 0.1) is 6.04 Å². The predicted octanol–water partition coefficient (Wildman–Crippen LogP) is 2.10. The molecule has 2 N–H and O–H groups in total. The molecule has 0 saturated carbocycles. The zero-order valence-electron chi connectivity index (χ0n) is 10.2. The van der Waals surface area contributed by atoms with E-state index in [4.69, 9.17) is 0 Å². The number of nitrogens with zero attached hydrogens (tertiary/aromatic N) is 4. The van der Waals surface area contributed by atoms with Crippen LogP contribution in [0, 0.1) is 6.92 Å². The molecule has 0 aliphatic heterocycles. The predicted molar refractivity (Wildman–Crippen MR) is 60.2 cm³/mol. The summed E-state index contributed by atoms with van der Waals surface area (Å²) in [5, 5.41) is 9.36. The molecule has 0 aliphatic rings. The first kappa shape index (κ1) is 13.2. The molecule has 2 rings (SSSR count). The van der Waals surface area contributed by atoms with E-state index in [9.17, 15) is 13.2 Å². The zero-order chi connectivity index (χ0) is 14.0. The first-order valence-corrected chi connectivity index (χ1v) is 5.42. The first-order chi connectivity index (χ1) is 8.86. The Balaban J connectivity index is 2.15. The maximum Gasteiger partial charge on any atom is 0.451 e. The van der Waals surface area contributed by atoms with E-state index in [2.05, 4.69) is 30.5 Å². The van der Waals surface area contributed by atoms with Crippen LogP contribution in [-0.4, -0.2) is 25.1 Å². The Hall–Kier alpha value is -2.19. The van der Waals surface area contributed by atoms with Gasteiger partial charge in [0.15, 0.2) is 5.82 Å². The van der Waals surface area contributed by atoms with Gasteiger partial charge in [-0.2, -0.15) is 18.3 Å². The molecule has 1 atom stereocenters. The molecule has 0 unspecified atom stereocenters. The molecule has 102 valence electrons. The topological polar surface area (TPSA) is 79.4 Å². The minimum Gasteiger partial charge on any atom is -0.360 e. The lowest BCUT2D eigenvalue weighted by molar-refractivity contribution is -0.144. The number of halogens is 3. The minimum absolute atomic E-state index is 0.0669. The van der Waals surface area contributed by atoms with Gasteiger partial charge < -0.3 is 5.32 Å². The number of nitrogens with one attached hydrogen (secondary N) is 2. The normalized spacial score (nSPS) is 13.3. The van der Waals surface area contributed by atoms with Crippen LogP contribution in [0.1, 0.15) is 30.4 Å². The number of anilines is 1. The van der Waals surface area contributed by atoms with Crippen LogP contribution in [0.2, 0.25) is 0 Å². The highest BCUT2D eigenvalue weighted by Crippen LogP contribution is 2.26. The average molecular weight is 272 g/mol. The molecule has 2 heterocycles. The Labute approximate surface area is 106 Å². The first-order valence-electron chi connectivity index (χ1n) is 5.42. The summed E-state index contributed by atoms with van der Waals surface area (Å²) in [4.78, 5) is 10.7. The highest BCUT2D eigenvalue weighted by atomic mass is 19.4. The fourth-order valence-electron chi connectivity index (χ4n) is 1.42. The number of aryl methyl sites for hydroxylation is 1. The number of aromatic nitrogens is 5. The molecule has 0 bridgehead atoms. The summed E-state index contributed by atoms with van der Waals surface area (Å²) in [7, 11) is 0. The highest BCUT2D eigenvalue weighted by Gasteiger charge is 2.34. The van der Waals surface area contributed by atoms with Crippen LogP contribution in [0.4, 0.5) is 19.0 Å². The zero-order valence-corrected chi connectivity index (χ0v) is 10.2. The number of H-pyrrole nitrogens is 1. The lowest BCUT2D eigenvalue weighted by atomic mass is 10.3. The van der Waals surface area contributed by atoms with E-state index in [1.807, 2.05) is 0 Å². The van der Waals surface area contributed by atoms with Crippen LogP contribution in [0.25, 0.3) is 0 Å². The molecule has 2 aromatic rings. The van der Waals surface area contributed by atoms with Crippen LogP contribution in [0.3, 0.4) is 0 Å². The van der Waals surface area contributed by atoms with E-state index in [0.717, 1.165) is 6.20 Å². The quantitative estimate of drug-likeness (QED) is 0.894. The van der Waals surface area contributed by atoms with Gasteiger partial charge in [0.1, 0.15) is 11.6 Å². The molecule has 9 heteroatoms. The number of aromatic amines is 1. The van der Waals surface area contributed by atoms with Crippen molar-refractivity contribution < 1.29 is 13.2 Å². The molecule has 0 spiro atoms. The van der Waals surface area contributed by atoms with E-state index in [-0.39, 0.29) is 11.9 Å². The molecular weight excluding hydrogens is 261 g/mol. The van der Waals surface area contributed by atoms with Gasteiger partial charge in [0, 0.05) is 6.20 Å². The molecule has 6 nitrogen and oxygen atoms in total. The second kappa shape index (κ2) is 4.82. The summed E-state index contributed by atoms with van der Waals surface area (Å²) >= 11 is 0. The van der Waals surface area contributed by atoms with Crippen LogP contribution in [0.5, 0.6) is 0 Å². The Morgan fingerprint density at radius 2 is 2.05 bits per heavy atom. The molecule has 0 fully saturated rings. The van der Waals surface area contributed by atoms with Crippen LogP contribution in [-0.2, 0) is 6.18 Å². The van der Waals surface area contributed by atoms with Crippen molar-refractivity contribution in [3.63, 3.8) is 0 Å². The molecule has 0 saturated heterocycles. The number of rotatable bonds is 3. The van der Waals surface area contributed by atoms with Crippen molar-refractivity contribution in [3.05, 3.63) is 29.7 Å². The fourth-order valence-corrected chi connectivity index (χ4v) is 1.42. The highest BCUT2D eigenvalue weighted by molar-refractivity contribution is 5.35. The Kier molecular flexibility index (Phi) is 3.36. The summed E-state index contributed by atoms with van der Waals surface area (Å²) in [6.45, 7) is 3.45. The van der Waals surface area contributed by atoms with Crippen molar-refractivity contribution >= 4 is 5.82 Å². The third-order valence-electron chi connectivity index (χ3n) is 2.28. The van der Waals surface area contributed by atoms with Crippen molar-refractivity contribution in [1.82, 2.24) is 25.1 Å². The van der Waals surface area contributed by atoms with Crippen molar-refractivity contribution in [3.8, 4) is 0 Å². The molecule has 0 radical (unpaired) electrons. The van der Waals surface area contributed by atoms with Gasteiger partial charge in [0.25, 0.3) is 0 Å². The second-order valence-electron chi connectivity index (χ2n) is 3.91. The largest absolute Gasteiger partial charge is 0.451 e. The summed E-state index contributed by atoms with van der Waals surface area (Å²) < 4.78 is 37.3. The van der Waals surface area contributed by atoms with Crippen LogP contribution < -0.4 is 5.32 Å². The second-order valence-corrected chi connectivity index (χ2v) is 3.91. The summed E-state index contributed by atoms with van der Waals surface area (Å²) in [5.74, 6) is -0.0415. The van der Waals surface area contributed by atoms with Crippen molar-refractivity contribution in [2.45, 2.75) is 26.1 Å². The van der Waals surface area contributed by atoms with Crippen LogP contribution in [0.15, 0.2) is 12.3 Å². The summed E-state index contributed by atoms with van der Waals surface area (Å²) in [6, 6.07) is 0.978. The van der Waals surface area contributed by atoms with E-state index in [1.165, 1.54) is 6.07 Å². The van der Waals surface area contributed by atoms with Gasteiger partial charge in [-0.25, -0.2) is 15.0 Å². The van der Waals surface area contributed by atoms with E-state index in [0.29, 0.717) is 11.6 Å². The molecule has 0 aromatic carbocycles. The van der Waals surface area contributed by atoms with Gasteiger partial charge in [-0.05, 0) is 19.9 Å². The summed E-state index contributed by atoms with van der Waals surface area (Å²) in [5.41, 5.74) is 0. The lowest BCUT2D eigenvalue weighted by Gasteiger charge is -2.12. The Morgan fingerprint density at radius 1 is 1.32 bits per heavy atom. The van der Waals surface area contributed by atoms with Gasteiger partial charge in [-0.1, -0.05) is 0 Å². The molecule has 0 amide bonds. The monoisotopic (exact) mass is 272 g/mol. The third kappa shape index (κ3) is 3.18. The van der Waals surface area contributed by atoms with Gasteiger partial charge in [-0.3, -0.25) is 5.10 Å². The fraction of sp³-hybridized carbons (Fsp3) is 0.400. The lowest BCUT2D eigenvalue weighted by Crippen LogP contribution is -2.14. The van der Waals surface area contributed by atoms with Crippen molar-refractivity contribution in [2.75, 3.05) is 5.32 Å². The minimum atomic E-state index is -4.57. The van der Waals surface area contributed by atoms with E-state index >= 15 is 0 Å². The number of hydrogen-bond acceptors (Lipinski definition) is 5. The Morgan fingerprint density at radius 3 is 2.63 bits per heavy atom. The summed E-state index contributed by atoms with van der Waals surface area (Å²) in [6.07, 6.45) is -3.52. The van der Waals surface area contributed by atoms with Crippen molar-refractivity contribution in [1.29, 1.82) is 0 Å². The molecule has 0 aliphatic carbocycles. The van der Waals surface area contributed by atoms with Gasteiger partial charge in [-0.15, -0.1) is 0 Å². The van der Waals surface area contributed by atoms with E-state index in [1.54, 1.807) is 13.8 Å². The number of hydrogen-bond donors (Lipinski definition) is 2. The smallest absolute Gasteiger partial charge is 0.360 e.